The van der Waals surface area contributed by atoms with Crippen LogP contribution in [0.25, 0.3) is 117 Å². The molecular formula is C58H32N4O2. The Morgan fingerprint density at radius 3 is 1.72 bits per heavy atom. The smallest absolute Gasteiger partial charge is 0.238 e. The molecule has 0 radical (unpaired) electrons. The third-order valence-corrected chi connectivity index (χ3v) is 13.9. The fraction of sp³-hybridized carbons (Fsp3) is 0.0172. The van der Waals surface area contributed by atoms with Gasteiger partial charge in [-0.1, -0.05) is 158 Å². The van der Waals surface area contributed by atoms with Gasteiger partial charge in [0.05, 0.1) is 22.0 Å². The molecule has 0 saturated heterocycles. The molecule has 9 aromatic carbocycles. The van der Waals surface area contributed by atoms with Crippen molar-refractivity contribution in [3.8, 4) is 51.0 Å². The number of para-hydroxylation sites is 4. The molecule has 4 aromatic heterocycles. The molecule has 0 atom stereocenters. The molecular weight excluding hydrogens is 785 g/mol. The van der Waals surface area contributed by atoms with Gasteiger partial charge in [0.2, 0.25) is 5.95 Å². The first-order valence-corrected chi connectivity index (χ1v) is 21.7. The quantitative estimate of drug-likeness (QED) is 0.178. The van der Waals surface area contributed by atoms with Crippen LogP contribution in [0.2, 0.25) is 0 Å². The summed E-state index contributed by atoms with van der Waals surface area (Å²) in [4.78, 5) is 16.3. The molecule has 15 rings (SSSR count). The van der Waals surface area contributed by atoms with Crippen molar-refractivity contribution in [1.29, 1.82) is 0 Å². The summed E-state index contributed by atoms with van der Waals surface area (Å²) in [7, 11) is 0. The van der Waals surface area contributed by atoms with Crippen LogP contribution in [0.3, 0.4) is 0 Å². The molecule has 13 aromatic rings. The van der Waals surface area contributed by atoms with Gasteiger partial charge in [0.15, 0.2) is 11.6 Å². The van der Waals surface area contributed by atoms with Crippen molar-refractivity contribution in [3.05, 3.63) is 216 Å². The molecule has 0 amide bonds. The topological polar surface area (TPSA) is 69.9 Å². The number of hydrogen-bond donors (Lipinski definition) is 0. The first-order chi connectivity index (χ1) is 31.7. The monoisotopic (exact) mass is 816 g/mol. The molecule has 64 heavy (non-hydrogen) atoms. The predicted octanol–water partition coefficient (Wildman–Crippen LogP) is 14.4. The van der Waals surface area contributed by atoms with E-state index in [1.54, 1.807) is 0 Å². The highest BCUT2D eigenvalue weighted by atomic mass is 16.3. The normalized spacial score (nSPS) is 13.4. The summed E-state index contributed by atoms with van der Waals surface area (Å²) in [6.45, 7) is 0. The van der Waals surface area contributed by atoms with E-state index in [1.165, 1.54) is 44.5 Å². The number of nitrogens with zero attached hydrogens (tertiary/aromatic N) is 4. The summed E-state index contributed by atoms with van der Waals surface area (Å²) < 4.78 is 15.3. The van der Waals surface area contributed by atoms with Gasteiger partial charge in [-0.15, -0.1) is 0 Å². The Balaban J connectivity index is 1.07. The van der Waals surface area contributed by atoms with E-state index in [-0.39, 0.29) is 0 Å². The lowest BCUT2D eigenvalue weighted by molar-refractivity contribution is 0.668. The van der Waals surface area contributed by atoms with E-state index < -0.39 is 5.41 Å². The summed E-state index contributed by atoms with van der Waals surface area (Å²) in [5, 5.41) is 6.42. The minimum absolute atomic E-state index is 0.511. The molecule has 4 heterocycles. The number of rotatable bonds is 3. The second kappa shape index (κ2) is 12.3. The third-order valence-electron chi connectivity index (χ3n) is 13.9. The summed E-state index contributed by atoms with van der Waals surface area (Å²) in [6.07, 6.45) is 0. The first kappa shape index (κ1) is 34.0. The Kier molecular flexibility index (Phi) is 6.53. The minimum Gasteiger partial charge on any atom is -0.456 e. The van der Waals surface area contributed by atoms with Crippen LogP contribution in [-0.4, -0.2) is 19.5 Å². The molecule has 6 nitrogen and oxygen atoms in total. The Hall–Kier alpha value is -8.61. The standard InChI is InChI=1S/C58H32N4O2/c1-7-22-44-34(14-1)35-15-2-8-23-45(35)58(44)46-24-9-3-19-42(46)52-47(58)31-30-40-36-16-4-10-25-48(36)62(53(40)52)57-60-55(33-28-29-39-37-17-5-11-26-49(37)63-51(39)32-33)59-56(61-57)43-21-13-20-41-38-18-6-12-27-50(38)64-54(41)43/h1-32H. The minimum atomic E-state index is -0.511. The molecule has 0 bridgehead atoms. The molecule has 0 saturated carbocycles. The average molecular weight is 817 g/mol. The highest BCUT2D eigenvalue weighted by Crippen LogP contribution is 2.64. The fourth-order valence-corrected chi connectivity index (χ4v) is 11.3. The van der Waals surface area contributed by atoms with Crippen LogP contribution in [0.5, 0.6) is 0 Å². The van der Waals surface area contributed by atoms with Crippen LogP contribution in [0, 0.1) is 0 Å². The maximum Gasteiger partial charge on any atom is 0.238 e. The van der Waals surface area contributed by atoms with Gasteiger partial charge < -0.3 is 8.83 Å². The molecule has 0 N–H and O–H groups in total. The van der Waals surface area contributed by atoms with Crippen LogP contribution < -0.4 is 0 Å². The van der Waals surface area contributed by atoms with Gasteiger partial charge in [-0.3, -0.25) is 4.57 Å². The number of aromatic nitrogens is 4. The zero-order chi connectivity index (χ0) is 41.7. The second-order valence-corrected chi connectivity index (χ2v) is 17.0. The lowest BCUT2D eigenvalue weighted by Crippen LogP contribution is -2.25. The van der Waals surface area contributed by atoms with Crippen molar-refractivity contribution in [1.82, 2.24) is 19.5 Å². The highest BCUT2D eigenvalue weighted by Gasteiger charge is 2.52. The van der Waals surface area contributed by atoms with Crippen LogP contribution >= 0.6 is 0 Å². The van der Waals surface area contributed by atoms with Crippen molar-refractivity contribution >= 4 is 65.7 Å². The highest BCUT2D eigenvalue weighted by molar-refractivity contribution is 6.17. The lowest BCUT2D eigenvalue weighted by Gasteiger charge is -2.30. The van der Waals surface area contributed by atoms with Crippen LogP contribution in [0.4, 0.5) is 0 Å². The molecule has 2 aliphatic carbocycles. The molecule has 6 heteroatoms. The predicted molar refractivity (Wildman–Crippen MR) is 256 cm³/mol. The van der Waals surface area contributed by atoms with Crippen molar-refractivity contribution in [2.45, 2.75) is 5.41 Å². The van der Waals surface area contributed by atoms with Crippen molar-refractivity contribution in [2.24, 2.45) is 0 Å². The lowest BCUT2D eigenvalue weighted by atomic mass is 9.70. The van der Waals surface area contributed by atoms with Gasteiger partial charge >= 0.3 is 0 Å². The van der Waals surface area contributed by atoms with Gasteiger partial charge in [-0.2, -0.15) is 9.97 Å². The van der Waals surface area contributed by atoms with Crippen molar-refractivity contribution < 1.29 is 8.83 Å². The van der Waals surface area contributed by atoms with Crippen LogP contribution in [0.1, 0.15) is 22.3 Å². The number of fused-ring (bicyclic) bond motifs is 20. The Bertz CT molecular complexity index is 4120. The molecule has 0 unspecified atom stereocenters. The van der Waals surface area contributed by atoms with Crippen molar-refractivity contribution in [2.75, 3.05) is 0 Å². The van der Waals surface area contributed by atoms with E-state index in [9.17, 15) is 0 Å². The van der Waals surface area contributed by atoms with Crippen LogP contribution in [-0.2, 0) is 5.41 Å². The van der Waals surface area contributed by atoms with Crippen molar-refractivity contribution in [3.63, 3.8) is 0 Å². The van der Waals surface area contributed by atoms with Crippen LogP contribution in [0.15, 0.2) is 203 Å². The molecule has 0 fully saturated rings. The van der Waals surface area contributed by atoms with E-state index in [4.69, 9.17) is 23.8 Å². The summed E-state index contributed by atoms with van der Waals surface area (Å²) in [5.74, 6) is 1.57. The molecule has 296 valence electrons. The third kappa shape index (κ3) is 4.26. The Morgan fingerprint density at radius 2 is 0.938 bits per heavy atom. The maximum atomic E-state index is 6.63. The first-order valence-electron chi connectivity index (χ1n) is 21.7. The number of furan rings is 2. The van der Waals surface area contributed by atoms with Gasteiger partial charge in [0.25, 0.3) is 0 Å². The van der Waals surface area contributed by atoms with E-state index in [0.717, 1.165) is 76.8 Å². The fourth-order valence-electron chi connectivity index (χ4n) is 11.3. The van der Waals surface area contributed by atoms with Gasteiger partial charge in [0, 0.05) is 43.4 Å². The zero-order valence-electron chi connectivity index (χ0n) is 34.1. The zero-order valence-corrected chi connectivity index (χ0v) is 34.1. The Labute approximate surface area is 365 Å². The molecule has 2 aliphatic rings. The average Bonchev–Trinajstić information content (AvgIpc) is 4.15. The largest absolute Gasteiger partial charge is 0.456 e. The summed E-state index contributed by atoms with van der Waals surface area (Å²) in [5.41, 5.74) is 16.4. The SMILES string of the molecule is c1ccc2c(c1)-c1ccccc1C21c2ccccc2-c2c1ccc1c3ccccc3n(-c3nc(-c4ccc5c(c4)oc4ccccc45)nc(-c4cccc5c4oc4ccccc45)n3)c21. The van der Waals surface area contributed by atoms with Gasteiger partial charge in [-0.25, -0.2) is 4.98 Å². The van der Waals surface area contributed by atoms with E-state index >= 15 is 0 Å². The number of benzene rings is 9. The summed E-state index contributed by atoms with van der Waals surface area (Å²) >= 11 is 0. The molecule has 0 aliphatic heterocycles. The Morgan fingerprint density at radius 1 is 0.375 bits per heavy atom. The van der Waals surface area contributed by atoms with E-state index in [2.05, 4.69) is 162 Å². The second-order valence-electron chi connectivity index (χ2n) is 17.0. The van der Waals surface area contributed by atoms with E-state index in [0.29, 0.717) is 17.6 Å². The maximum absolute atomic E-state index is 6.63. The van der Waals surface area contributed by atoms with Gasteiger partial charge in [-0.05, 0) is 75.3 Å². The number of hydrogen-bond acceptors (Lipinski definition) is 5. The van der Waals surface area contributed by atoms with Gasteiger partial charge in [0.1, 0.15) is 22.3 Å². The summed E-state index contributed by atoms with van der Waals surface area (Å²) in [6, 6.07) is 68.9. The molecule has 1 spiro atoms. The van der Waals surface area contributed by atoms with E-state index in [1.807, 2.05) is 36.4 Å².